The first-order valence-electron chi connectivity index (χ1n) is 11.2. The van der Waals surface area contributed by atoms with Gasteiger partial charge in [-0.25, -0.2) is 4.68 Å². The fraction of sp³-hybridized carbons (Fsp3) is 0.360. The van der Waals surface area contributed by atoms with Gasteiger partial charge in [0.15, 0.2) is 5.82 Å². The fourth-order valence-electron chi connectivity index (χ4n) is 4.18. The molecule has 0 bridgehead atoms. The van der Waals surface area contributed by atoms with E-state index in [2.05, 4.69) is 50.5 Å². The van der Waals surface area contributed by atoms with Crippen LogP contribution in [0.5, 0.6) is 0 Å². The Labute approximate surface area is 193 Å². The highest BCUT2D eigenvalue weighted by atomic mass is 16.5. The third-order valence-electron chi connectivity index (χ3n) is 5.87. The summed E-state index contributed by atoms with van der Waals surface area (Å²) in [4.78, 5) is 18.3. The lowest BCUT2D eigenvalue weighted by Crippen LogP contribution is -2.32. The third kappa shape index (κ3) is 5.35. The van der Waals surface area contributed by atoms with Crippen molar-refractivity contribution < 1.29 is 4.74 Å². The maximum absolute atomic E-state index is 13.0. The van der Waals surface area contributed by atoms with Crippen molar-refractivity contribution in [1.29, 1.82) is 0 Å². The van der Waals surface area contributed by atoms with Gasteiger partial charge in [0, 0.05) is 31.3 Å². The van der Waals surface area contributed by atoms with Crippen LogP contribution in [-0.4, -0.2) is 43.8 Å². The van der Waals surface area contributed by atoms with Gasteiger partial charge in [-0.1, -0.05) is 49.4 Å². The number of H-pyrrole nitrogens is 1. The summed E-state index contributed by atoms with van der Waals surface area (Å²) < 4.78 is 7.02. The highest BCUT2D eigenvalue weighted by Crippen LogP contribution is 2.26. The van der Waals surface area contributed by atoms with Crippen molar-refractivity contribution >= 4 is 10.9 Å². The van der Waals surface area contributed by atoms with Crippen LogP contribution < -0.4 is 5.56 Å². The van der Waals surface area contributed by atoms with E-state index < -0.39 is 0 Å². The summed E-state index contributed by atoms with van der Waals surface area (Å²) in [6.07, 6.45) is 0.796. The summed E-state index contributed by atoms with van der Waals surface area (Å²) in [7, 11) is 1.66. The number of hydrogen-bond donors (Lipinski definition) is 1. The number of rotatable bonds is 10. The van der Waals surface area contributed by atoms with Crippen molar-refractivity contribution in [1.82, 2.24) is 30.1 Å². The van der Waals surface area contributed by atoms with E-state index in [1.807, 2.05) is 43.3 Å². The summed E-state index contributed by atoms with van der Waals surface area (Å²) >= 11 is 0. The number of pyridine rings is 1. The standard InChI is InChI=1S/C25H30N6O2/c1-4-23(24-27-28-29-31(24)12-13-33-3)30(16-19-8-6-5-7-9-19)17-21-15-20-11-10-18(2)14-22(20)26-25(21)32/h5-11,14-15,23H,4,12-13,16-17H2,1-3H3,(H,26,32). The Balaban J connectivity index is 1.71. The van der Waals surface area contributed by atoms with Crippen LogP contribution in [0.4, 0.5) is 0 Å². The molecule has 0 saturated heterocycles. The molecule has 172 valence electrons. The van der Waals surface area contributed by atoms with E-state index in [1.54, 1.807) is 11.8 Å². The van der Waals surface area contributed by atoms with Crippen LogP contribution in [0.3, 0.4) is 0 Å². The van der Waals surface area contributed by atoms with Gasteiger partial charge in [-0.3, -0.25) is 9.69 Å². The molecule has 0 aliphatic heterocycles. The molecule has 1 N–H and O–H groups in total. The molecular formula is C25H30N6O2. The van der Waals surface area contributed by atoms with Gasteiger partial charge in [0.1, 0.15) is 0 Å². The molecule has 0 spiro atoms. The van der Waals surface area contributed by atoms with Crippen molar-refractivity contribution in [2.45, 2.75) is 45.9 Å². The number of tetrazole rings is 1. The fourth-order valence-corrected chi connectivity index (χ4v) is 4.18. The van der Waals surface area contributed by atoms with Crippen molar-refractivity contribution in [2.75, 3.05) is 13.7 Å². The van der Waals surface area contributed by atoms with Crippen LogP contribution in [0.15, 0.2) is 59.4 Å². The van der Waals surface area contributed by atoms with Gasteiger partial charge in [-0.05, 0) is 52.4 Å². The Kier molecular flexibility index (Phi) is 7.26. The van der Waals surface area contributed by atoms with Gasteiger partial charge in [0.2, 0.25) is 0 Å². The van der Waals surface area contributed by atoms with Gasteiger partial charge in [0.05, 0.1) is 19.2 Å². The minimum atomic E-state index is -0.0695. The zero-order valence-corrected chi connectivity index (χ0v) is 19.4. The molecule has 0 radical (unpaired) electrons. The Morgan fingerprint density at radius 3 is 2.70 bits per heavy atom. The van der Waals surface area contributed by atoms with Crippen molar-refractivity contribution in [3.63, 3.8) is 0 Å². The van der Waals surface area contributed by atoms with Gasteiger partial charge in [0.25, 0.3) is 5.56 Å². The molecule has 4 rings (SSSR count). The van der Waals surface area contributed by atoms with Crippen LogP contribution in [-0.2, 0) is 24.4 Å². The van der Waals surface area contributed by atoms with Crippen molar-refractivity contribution in [3.8, 4) is 0 Å². The lowest BCUT2D eigenvalue weighted by molar-refractivity contribution is 0.151. The highest BCUT2D eigenvalue weighted by molar-refractivity contribution is 5.79. The number of ether oxygens (including phenoxy) is 1. The molecule has 0 fully saturated rings. The normalized spacial score (nSPS) is 12.5. The number of nitrogens with zero attached hydrogens (tertiary/aromatic N) is 5. The SMILES string of the molecule is CCC(c1nnnn1CCOC)N(Cc1ccccc1)Cc1cc2ccc(C)cc2[nH]c1=O. The van der Waals surface area contributed by atoms with Crippen LogP contribution in [0, 0.1) is 6.92 Å². The monoisotopic (exact) mass is 446 g/mol. The number of hydrogen-bond acceptors (Lipinski definition) is 6. The largest absolute Gasteiger partial charge is 0.383 e. The molecule has 4 aromatic rings. The maximum Gasteiger partial charge on any atom is 0.252 e. The highest BCUT2D eigenvalue weighted by Gasteiger charge is 2.26. The lowest BCUT2D eigenvalue weighted by Gasteiger charge is -2.30. The number of methoxy groups -OCH3 is 1. The molecule has 1 unspecified atom stereocenters. The average molecular weight is 447 g/mol. The van der Waals surface area contributed by atoms with E-state index in [1.165, 1.54) is 5.56 Å². The predicted octanol–water partition coefficient (Wildman–Crippen LogP) is 3.62. The number of nitrogens with one attached hydrogen (secondary N) is 1. The average Bonchev–Trinajstić information content (AvgIpc) is 3.27. The molecule has 2 aromatic carbocycles. The lowest BCUT2D eigenvalue weighted by atomic mass is 10.1. The summed E-state index contributed by atoms with van der Waals surface area (Å²) in [6, 6.07) is 18.3. The molecule has 2 aromatic heterocycles. The maximum atomic E-state index is 13.0. The molecule has 8 nitrogen and oxygen atoms in total. The van der Waals surface area contributed by atoms with Gasteiger partial charge >= 0.3 is 0 Å². The van der Waals surface area contributed by atoms with E-state index in [4.69, 9.17) is 4.74 Å². The van der Waals surface area contributed by atoms with Crippen LogP contribution >= 0.6 is 0 Å². The summed E-state index contributed by atoms with van der Waals surface area (Å²) in [5.41, 5.74) is 3.79. The van der Waals surface area contributed by atoms with Crippen molar-refractivity contribution in [2.24, 2.45) is 0 Å². The van der Waals surface area contributed by atoms with Crippen LogP contribution in [0.1, 0.15) is 41.9 Å². The van der Waals surface area contributed by atoms with Gasteiger partial charge < -0.3 is 9.72 Å². The van der Waals surface area contributed by atoms with Crippen LogP contribution in [0.2, 0.25) is 0 Å². The Bertz CT molecular complexity index is 1250. The minimum Gasteiger partial charge on any atom is -0.383 e. The molecule has 33 heavy (non-hydrogen) atoms. The van der Waals surface area contributed by atoms with E-state index in [9.17, 15) is 4.79 Å². The van der Waals surface area contributed by atoms with E-state index in [0.717, 1.165) is 34.3 Å². The quantitative estimate of drug-likeness (QED) is 0.400. The first-order chi connectivity index (χ1) is 16.1. The topological polar surface area (TPSA) is 88.9 Å². The second-order valence-electron chi connectivity index (χ2n) is 8.28. The summed E-state index contributed by atoms with van der Waals surface area (Å²) in [5.74, 6) is 0.776. The number of benzene rings is 2. The number of aryl methyl sites for hydroxylation is 1. The molecule has 0 amide bonds. The molecule has 1 atom stereocenters. The smallest absolute Gasteiger partial charge is 0.252 e. The van der Waals surface area contributed by atoms with Crippen molar-refractivity contribution in [3.05, 3.63) is 87.5 Å². The number of aromatic nitrogens is 5. The Morgan fingerprint density at radius 2 is 1.94 bits per heavy atom. The number of aromatic amines is 1. The third-order valence-corrected chi connectivity index (χ3v) is 5.87. The second-order valence-corrected chi connectivity index (χ2v) is 8.28. The van der Waals surface area contributed by atoms with Gasteiger partial charge in [-0.15, -0.1) is 5.10 Å². The first kappa shape index (κ1) is 22.8. The molecule has 0 aliphatic rings. The molecular weight excluding hydrogens is 416 g/mol. The molecule has 2 heterocycles. The second kappa shape index (κ2) is 10.5. The first-order valence-corrected chi connectivity index (χ1v) is 11.2. The van der Waals surface area contributed by atoms with Gasteiger partial charge in [-0.2, -0.15) is 0 Å². The molecule has 0 aliphatic carbocycles. The zero-order chi connectivity index (χ0) is 23.2. The Morgan fingerprint density at radius 1 is 1.12 bits per heavy atom. The van der Waals surface area contributed by atoms with E-state index >= 15 is 0 Å². The van der Waals surface area contributed by atoms with Crippen LogP contribution in [0.25, 0.3) is 10.9 Å². The predicted molar refractivity (Wildman–Crippen MR) is 128 cm³/mol. The zero-order valence-electron chi connectivity index (χ0n) is 19.4. The minimum absolute atomic E-state index is 0.0647. The molecule has 0 saturated carbocycles. The van der Waals surface area contributed by atoms with E-state index in [0.29, 0.717) is 26.2 Å². The summed E-state index contributed by atoms with van der Waals surface area (Å²) in [5, 5.41) is 13.5. The molecule has 8 heteroatoms. The number of fused-ring (bicyclic) bond motifs is 1. The van der Waals surface area contributed by atoms with E-state index in [-0.39, 0.29) is 11.6 Å². The Hall–Kier alpha value is -3.36. The summed E-state index contributed by atoms with van der Waals surface area (Å²) in [6.45, 7) is 6.38.